The van der Waals surface area contributed by atoms with Gasteiger partial charge in [-0.05, 0) is 12.8 Å². The van der Waals surface area contributed by atoms with Gasteiger partial charge in [0.25, 0.3) is 5.69 Å². The van der Waals surface area contributed by atoms with Crippen LogP contribution in [0.4, 0.5) is 11.5 Å². The molecule has 0 aromatic carbocycles. The number of piperidine rings is 1. The molecular formula is C12H17N5O4. The molecule has 0 radical (unpaired) electrons. The Hall–Kier alpha value is -2.42. The second kappa shape index (κ2) is 6.35. The van der Waals surface area contributed by atoms with Gasteiger partial charge in [-0.3, -0.25) is 10.1 Å². The van der Waals surface area contributed by atoms with E-state index < -0.39 is 4.92 Å². The van der Waals surface area contributed by atoms with Gasteiger partial charge in [0, 0.05) is 26.3 Å². The van der Waals surface area contributed by atoms with Gasteiger partial charge in [0.05, 0.1) is 16.6 Å². The lowest BCUT2D eigenvalue weighted by Crippen LogP contribution is -2.40. The molecule has 1 fully saturated rings. The van der Waals surface area contributed by atoms with E-state index in [4.69, 9.17) is 15.7 Å². The average molecular weight is 295 g/mol. The lowest BCUT2D eigenvalue weighted by molar-refractivity contribution is -0.385. The summed E-state index contributed by atoms with van der Waals surface area (Å²) in [6, 6.07) is 1.26. The summed E-state index contributed by atoms with van der Waals surface area (Å²) in [6.07, 6.45) is 3.09. The van der Waals surface area contributed by atoms with Gasteiger partial charge in [0.15, 0.2) is 5.84 Å². The van der Waals surface area contributed by atoms with Crippen LogP contribution in [0, 0.1) is 10.1 Å². The summed E-state index contributed by atoms with van der Waals surface area (Å²) in [4.78, 5) is 16.3. The van der Waals surface area contributed by atoms with Crippen molar-refractivity contribution in [3.8, 4) is 0 Å². The van der Waals surface area contributed by atoms with Crippen LogP contribution < -0.4 is 10.6 Å². The minimum absolute atomic E-state index is 0.0656. The van der Waals surface area contributed by atoms with Crippen molar-refractivity contribution in [2.75, 3.05) is 25.1 Å². The van der Waals surface area contributed by atoms with Gasteiger partial charge in [-0.2, -0.15) is 0 Å². The number of nitrogens with zero attached hydrogens (tertiary/aromatic N) is 4. The van der Waals surface area contributed by atoms with Crippen LogP contribution in [0.1, 0.15) is 18.4 Å². The fourth-order valence-corrected chi connectivity index (χ4v) is 2.36. The van der Waals surface area contributed by atoms with Crippen molar-refractivity contribution in [3.05, 3.63) is 27.9 Å². The maximum atomic E-state index is 10.8. The molecule has 2 rings (SSSR count). The first-order chi connectivity index (χ1) is 10.1. The first-order valence-corrected chi connectivity index (χ1v) is 6.47. The van der Waals surface area contributed by atoms with Crippen LogP contribution >= 0.6 is 0 Å². The molecule has 0 saturated carbocycles. The second-order valence-electron chi connectivity index (χ2n) is 4.75. The molecule has 114 valence electrons. The summed E-state index contributed by atoms with van der Waals surface area (Å²) >= 11 is 0. The highest BCUT2D eigenvalue weighted by Crippen LogP contribution is 2.25. The lowest BCUT2D eigenvalue weighted by Gasteiger charge is -2.33. The Morgan fingerprint density at radius 1 is 1.71 bits per heavy atom. The van der Waals surface area contributed by atoms with E-state index in [-0.39, 0.29) is 23.2 Å². The molecule has 1 unspecified atom stereocenters. The van der Waals surface area contributed by atoms with Crippen LogP contribution in [0.3, 0.4) is 0 Å². The number of rotatable bonds is 4. The van der Waals surface area contributed by atoms with Gasteiger partial charge in [0.2, 0.25) is 0 Å². The zero-order valence-electron chi connectivity index (χ0n) is 11.6. The number of amidine groups is 1. The minimum atomic E-state index is -0.570. The van der Waals surface area contributed by atoms with Gasteiger partial charge >= 0.3 is 0 Å². The lowest BCUT2D eigenvalue weighted by atomic mass is 10.1. The largest absolute Gasteiger partial charge is 0.409 e. The topological polar surface area (TPSA) is 127 Å². The Balaban J connectivity index is 2.40. The molecule has 1 aromatic rings. The number of anilines is 1. The molecule has 9 nitrogen and oxygen atoms in total. The number of nitrogens with two attached hydrogens (primary N) is 1. The maximum absolute atomic E-state index is 10.8. The van der Waals surface area contributed by atoms with E-state index in [1.807, 2.05) is 4.90 Å². The summed E-state index contributed by atoms with van der Waals surface area (Å²) in [5.74, 6) is 0.249. The van der Waals surface area contributed by atoms with Gasteiger partial charge in [-0.25, -0.2) is 4.98 Å². The monoisotopic (exact) mass is 295 g/mol. The Labute approximate surface area is 121 Å². The molecule has 21 heavy (non-hydrogen) atoms. The van der Waals surface area contributed by atoms with E-state index in [9.17, 15) is 10.1 Å². The number of aromatic nitrogens is 1. The molecule has 0 amide bonds. The predicted octanol–water partition coefficient (Wildman–Crippen LogP) is 0.700. The minimum Gasteiger partial charge on any atom is -0.409 e. The first kappa shape index (κ1) is 15.0. The highest BCUT2D eigenvalue weighted by Gasteiger charge is 2.25. The number of hydrogen-bond acceptors (Lipinski definition) is 7. The Morgan fingerprint density at radius 3 is 3.10 bits per heavy atom. The molecule has 0 bridgehead atoms. The van der Waals surface area contributed by atoms with E-state index in [0.717, 1.165) is 19.4 Å². The van der Waals surface area contributed by atoms with Gasteiger partial charge in [0.1, 0.15) is 12.0 Å². The van der Waals surface area contributed by atoms with Crippen molar-refractivity contribution >= 4 is 17.3 Å². The maximum Gasteiger partial charge on any atom is 0.288 e. The zero-order valence-corrected chi connectivity index (χ0v) is 11.6. The molecule has 1 aliphatic heterocycles. The van der Waals surface area contributed by atoms with Crippen molar-refractivity contribution in [2.45, 2.75) is 18.9 Å². The van der Waals surface area contributed by atoms with Crippen LogP contribution in [0.15, 0.2) is 17.4 Å². The zero-order chi connectivity index (χ0) is 15.4. The highest BCUT2D eigenvalue weighted by atomic mass is 16.6. The molecular weight excluding hydrogens is 278 g/mol. The number of pyridine rings is 1. The molecule has 2 heterocycles. The Morgan fingerprint density at radius 2 is 2.48 bits per heavy atom. The van der Waals surface area contributed by atoms with E-state index in [2.05, 4.69) is 10.1 Å². The number of ether oxygens (including phenoxy) is 1. The number of nitro groups is 1. The van der Waals surface area contributed by atoms with Crippen LogP contribution in [-0.2, 0) is 4.74 Å². The Bertz CT molecular complexity index is 563. The standard InChI is InChI=1S/C12H17N5O4/c1-21-9-3-2-4-16(7-9)12-10(11(13)15-18)5-8(6-14-12)17(19)20/h5-6,9,18H,2-4,7H2,1H3,(H2,13,15). The van der Waals surface area contributed by atoms with Crippen molar-refractivity contribution in [2.24, 2.45) is 10.9 Å². The Kier molecular flexibility index (Phi) is 4.53. The SMILES string of the molecule is COC1CCCN(c2ncc([N+](=O)[O-])cc2C(N)=NO)C1. The summed E-state index contributed by atoms with van der Waals surface area (Å²) < 4.78 is 5.34. The number of methoxy groups -OCH3 is 1. The van der Waals surface area contributed by atoms with Crippen LogP contribution in [-0.4, -0.2) is 47.3 Å². The van der Waals surface area contributed by atoms with E-state index in [1.54, 1.807) is 7.11 Å². The van der Waals surface area contributed by atoms with Gasteiger partial charge in [-0.1, -0.05) is 5.16 Å². The fraction of sp³-hybridized carbons (Fsp3) is 0.500. The quantitative estimate of drug-likeness (QED) is 0.275. The third kappa shape index (κ3) is 3.19. The van der Waals surface area contributed by atoms with Crippen molar-refractivity contribution < 1.29 is 14.9 Å². The summed E-state index contributed by atoms with van der Waals surface area (Å²) in [5.41, 5.74) is 5.65. The van der Waals surface area contributed by atoms with Crippen molar-refractivity contribution in [1.82, 2.24) is 4.98 Å². The number of oxime groups is 1. The van der Waals surface area contributed by atoms with Gasteiger partial charge < -0.3 is 20.6 Å². The molecule has 1 atom stereocenters. The third-order valence-corrected chi connectivity index (χ3v) is 3.46. The van der Waals surface area contributed by atoms with E-state index in [1.165, 1.54) is 12.3 Å². The molecule has 3 N–H and O–H groups in total. The highest BCUT2D eigenvalue weighted by molar-refractivity contribution is 6.02. The normalized spacial score (nSPS) is 19.6. The van der Waals surface area contributed by atoms with E-state index >= 15 is 0 Å². The predicted molar refractivity (Wildman–Crippen MR) is 75.6 cm³/mol. The van der Waals surface area contributed by atoms with E-state index in [0.29, 0.717) is 12.4 Å². The molecule has 1 saturated heterocycles. The second-order valence-corrected chi connectivity index (χ2v) is 4.75. The third-order valence-electron chi connectivity index (χ3n) is 3.46. The van der Waals surface area contributed by atoms with Crippen LogP contribution in [0.2, 0.25) is 0 Å². The summed E-state index contributed by atoms with van der Waals surface area (Å²) in [7, 11) is 1.64. The van der Waals surface area contributed by atoms with Crippen LogP contribution in [0.5, 0.6) is 0 Å². The van der Waals surface area contributed by atoms with Crippen molar-refractivity contribution in [1.29, 1.82) is 0 Å². The fourth-order valence-electron chi connectivity index (χ4n) is 2.36. The number of hydrogen-bond donors (Lipinski definition) is 2. The van der Waals surface area contributed by atoms with Crippen molar-refractivity contribution in [3.63, 3.8) is 0 Å². The molecule has 0 spiro atoms. The smallest absolute Gasteiger partial charge is 0.288 e. The summed E-state index contributed by atoms with van der Waals surface area (Å²) in [6.45, 7) is 1.34. The van der Waals surface area contributed by atoms with Crippen LogP contribution in [0.25, 0.3) is 0 Å². The molecule has 1 aliphatic rings. The molecule has 0 aliphatic carbocycles. The molecule has 1 aromatic heterocycles. The molecule has 9 heteroatoms. The summed E-state index contributed by atoms with van der Waals surface area (Å²) in [5, 5.41) is 22.6. The average Bonchev–Trinajstić information content (AvgIpc) is 2.53. The van der Waals surface area contributed by atoms with Gasteiger partial charge in [-0.15, -0.1) is 0 Å². The first-order valence-electron chi connectivity index (χ1n) is 6.47.